The summed E-state index contributed by atoms with van der Waals surface area (Å²) in [7, 11) is 0. The van der Waals surface area contributed by atoms with Gasteiger partial charge in [0.1, 0.15) is 0 Å². The van der Waals surface area contributed by atoms with Gasteiger partial charge in [0.25, 0.3) is 0 Å². The van der Waals surface area contributed by atoms with Crippen molar-refractivity contribution in [2.24, 2.45) is 0 Å². The lowest BCUT2D eigenvalue weighted by molar-refractivity contribution is 0.660. The highest BCUT2D eigenvalue weighted by molar-refractivity contribution is 6.03. The number of benzene rings is 8. The molecule has 0 N–H and O–H groups in total. The average Bonchev–Trinajstić information content (AvgIpc) is 3.41. The predicted octanol–water partition coefficient (Wildman–Crippen LogP) is 13.6. The van der Waals surface area contributed by atoms with E-state index in [4.69, 9.17) is 0 Å². The second-order valence-electron chi connectivity index (χ2n) is 13.8. The van der Waals surface area contributed by atoms with Gasteiger partial charge in [0.2, 0.25) is 0 Å². The maximum absolute atomic E-state index is 2.49. The fourth-order valence-electron chi connectivity index (χ4n) is 7.96. The van der Waals surface area contributed by atoms with Crippen molar-refractivity contribution >= 4 is 27.8 Å². The van der Waals surface area contributed by atoms with Crippen molar-refractivity contribution in [2.75, 3.05) is 4.90 Å². The summed E-state index contributed by atoms with van der Waals surface area (Å²) in [4.78, 5) is 2.49. The molecule has 238 valence electrons. The number of anilines is 3. The molecule has 9 rings (SSSR count). The third-order valence-electron chi connectivity index (χ3n) is 10.4. The fraction of sp³-hybridized carbons (Fsp3) is 0.0612. The summed E-state index contributed by atoms with van der Waals surface area (Å²) in [6, 6.07) is 68.7. The summed E-state index contributed by atoms with van der Waals surface area (Å²) in [5, 5.41) is 2.44. The van der Waals surface area contributed by atoms with E-state index in [-0.39, 0.29) is 5.41 Å². The van der Waals surface area contributed by atoms with E-state index in [1.165, 1.54) is 66.4 Å². The maximum atomic E-state index is 2.49. The van der Waals surface area contributed by atoms with Crippen LogP contribution in [0.4, 0.5) is 17.1 Å². The molecule has 0 radical (unpaired) electrons. The number of rotatable bonds is 6. The van der Waals surface area contributed by atoms with E-state index in [1.54, 1.807) is 0 Å². The quantitative estimate of drug-likeness (QED) is 0.175. The standard InChI is InChI=1S/C49H37N/c1-49(2)44-29-17-28-40(34-18-7-3-8-19-34)48(44)43-32-42(36-22-11-5-12-23-36)47(33-45(43)49)50(39-26-13-6-14-27-39)46-31-38-25-16-15-24-37(38)30-41(46)35-20-9-4-10-21-35/h3-33H,1-2H3. The molecule has 1 aliphatic rings. The van der Waals surface area contributed by atoms with Gasteiger partial charge in [-0.2, -0.15) is 0 Å². The van der Waals surface area contributed by atoms with Gasteiger partial charge in [-0.05, 0) is 91.7 Å². The summed E-state index contributed by atoms with van der Waals surface area (Å²) in [6.07, 6.45) is 0. The van der Waals surface area contributed by atoms with Crippen LogP contribution in [-0.2, 0) is 5.41 Å². The Morgan fingerprint density at radius 1 is 0.360 bits per heavy atom. The van der Waals surface area contributed by atoms with Gasteiger partial charge >= 0.3 is 0 Å². The molecule has 1 nitrogen and oxygen atoms in total. The molecule has 0 aromatic heterocycles. The van der Waals surface area contributed by atoms with Gasteiger partial charge in [-0.15, -0.1) is 0 Å². The molecule has 0 fully saturated rings. The van der Waals surface area contributed by atoms with Crippen molar-refractivity contribution in [1.82, 2.24) is 0 Å². The molecule has 8 aromatic carbocycles. The zero-order valence-corrected chi connectivity index (χ0v) is 28.3. The molecule has 0 spiro atoms. The highest BCUT2D eigenvalue weighted by Gasteiger charge is 2.38. The molecule has 1 heteroatoms. The normalized spacial score (nSPS) is 12.8. The van der Waals surface area contributed by atoms with Gasteiger partial charge in [-0.3, -0.25) is 0 Å². The van der Waals surface area contributed by atoms with Gasteiger partial charge < -0.3 is 4.90 Å². The van der Waals surface area contributed by atoms with Gasteiger partial charge in [-0.1, -0.05) is 166 Å². The van der Waals surface area contributed by atoms with Crippen molar-refractivity contribution in [3.63, 3.8) is 0 Å². The summed E-state index contributed by atoms with van der Waals surface area (Å²) in [5.41, 5.74) is 15.9. The second kappa shape index (κ2) is 12.1. The van der Waals surface area contributed by atoms with Crippen LogP contribution in [0.15, 0.2) is 188 Å². The number of hydrogen-bond acceptors (Lipinski definition) is 1. The Bertz CT molecular complexity index is 2480. The highest BCUT2D eigenvalue weighted by Crippen LogP contribution is 2.56. The van der Waals surface area contributed by atoms with Gasteiger partial charge in [-0.25, -0.2) is 0 Å². The molecule has 0 atom stereocenters. The topological polar surface area (TPSA) is 3.24 Å². The minimum absolute atomic E-state index is 0.201. The van der Waals surface area contributed by atoms with E-state index < -0.39 is 0 Å². The summed E-state index contributed by atoms with van der Waals surface area (Å²) < 4.78 is 0. The first kappa shape index (κ1) is 29.9. The number of fused-ring (bicyclic) bond motifs is 4. The molecule has 0 saturated heterocycles. The molecule has 0 saturated carbocycles. The Morgan fingerprint density at radius 2 is 0.840 bits per heavy atom. The van der Waals surface area contributed by atoms with Crippen LogP contribution in [0.3, 0.4) is 0 Å². The second-order valence-corrected chi connectivity index (χ2v) is 13.8. The van der Waals surface area contributed by atoms with Crippen LogP contribution in [0.1, 0.15) is 25.0 Å². The monoisotopic (exact) mass is 639 g/mol. The third-order valence-corrected chi connectivity index (χ3v) is 10.4. The van der Waals surface area contributed by atoms with E-state index in [0.29, 0.717) is 0 Å². The Hall–Kier alpha value is -6.18. The maximum Gasteiger partial charge on any atom is 0.0546 e. The first-order valence-electron chi connectivity index (χ1n) is 17.4. The van der Waals surface area contributed by atoms with Gasteiger partial charge in [0.05, 0.1) is 11.4 Å². The lowest BCUT2D eigenvalue weighted by atomic mass is 9.81. The van der Waals surface area contributed by atoms with Crippen molar-refractivity contribution in [1.29, 1.82) is 0 Å². The highest BCUT2D eigenvalue weighted by atomic mass is 15.1. The third kappa shape index (κ3) is 4.94. The SMILES string of the molecule is CC1(C)c2cc(N(c3ccccc3)c3cc4ccccc4cc3-c3ccccc3)c(-c3ccccc3)cc2-c2c(-c3ccccc3)cccc21. The molecule has 0 heterocycles. The summed E-state index contributed by atoms with van der Waals surface area (Å²) >= 11 is 0. The van der Waals surface area contributed by atoms with Crippen molar-refractivity contribution in [3.05, 3.63) is 199 Å². The molecule has 0 amide bonds. The van der Waals surface area contributed by atoms with Crippen LogP contribution in [0.25, 0.3) is 55.3 Å². The number of hydrogen-bond donors (Lipinski definition) is 0. The average molecular weight is 640 g/mol. The van der Waals surface area contributed by atoms with Crippen molar-refractivity contribution in [3.8, 4) is 44.5 Å². The molecule has 1 aliphatic carbocycles. The van der Waals surface area contributed by atoms with Crippen LogP contribution >= 0.6 is 0 Å². The molecule has 8 aromatic rings. The number of para-hydroxylation sites is 1. The molecule has 0 bridgehead atoms. The predicted molar refractivity (Wildman–Crippen MR) is 213 cm³/mol. The number of nitrogens with zero attached hydrogens (tertiary/aromatic N) is 1. The lowest BCUT2D eigenvalue weighted by Gasteiger charge is -2.32. The van der Waals surface area contributed by atoms with Crippen LogP contribution in [-0.4, -0.2) is 0 Å². The minimum atomic E-state index is -0.201. The zero-order chi connectivity index (χ0) is 33.7. The zero-order valence-electron chi connectivity index (χ0n) is 28.3. The van der Waals surface area contributed by atoms with Crippen LogP contribution in [0, 0.1) is 0 Å². The fourth-order valence-corrected chi connectivity index (χ4v) is 7.96. The Labute approximate surface area is 294 Å². The molecule has 50 heavy (non-hydrogen) atoms. The van der Waals surface area contributed by atoms with E-state index >= 15 is 0 Å². The van der Waals surface area contributed by atoms with Crippen LogP contribution in [0.5, 0.6) is 0 Å². The van der Waals surface area contributed by atoms with E-state index in [0.717, 1.165) is 17.1 Å². The first-order chi connectivity index (χ1) is 24.6. The van der Waals surface area contributed by atoms with Crippen LogP contribution in [0.2, 0.25) is 0 Å². The van der Waals surface area contributed by atoms with E-state index in [1.807, 2.05) is 0 Å². The largest absolute Gasteiger partial charge is 0.309 e. The van der Waals surface area contributed by atoms with Gasteiger partial charge in [0, 0.05) is 22.2 Å². The first-order valence-corrected chi connectivity index (χ1v) is 17.4. The smallest absolute Gasteiger partial charge is 0.0546 e. The Morgan fingerprint density at radius 3 is 1.44 bits per heavy atom. The van der Waals surface area contributed by atoms with Crippen LogP contribution < -0.4 is 4.90 Å². The molecular formula is C49H37N. The van der Waals surface area contributed by atoms with Crippen molar-refractivity contribution < 1.29 is 0 Å². The van der Waals surface area contributed by atoms with E-state index in [2.05, 4.69) is 207 Å². The lowest BCUT2D eigenvalue weighted by Crippen LogP contribution is -2.17. The van der Waals surface area contributed by atoms with E-state index in [9.17, 15) is 0 Å². The van der Waals surface area contributed by atoms with Crippen molar-refractivity contribution in [2.45, 2.75) is 19.3 Å². The Kier molecular flexibility index (Phi) is 7.21. The molecular weight excluding hydrogens is 603 g/mol. The molecule has 0 aliphatic heterocycles. The summed E-state index contributed by atoms with van der Waals surface area (Å²) in [5.74, 6) is 0. The minimum Gasteiger partial charge on any atom is -0.309 e. The Balaban J connectivity index is 1.39. The molecule has 0 unspecified atom stereocenters. The summed E-state index contributed by atoms with van der Waals surface area (Å²) in [6.45, 7) is 4.77. The van der Waals surface area contributed by atoms with Gasteiger partial charge in [0.15, 0.2) is 0 Å².